The molecule has 0 fully saturated rings. The summed E-state index contributed by atoms with van der Waals surface area (Å²) in [6.07, 6.45) is -0.980. The minimum Gasteiger partial charge on any atom is -0.495 e. The molecule has 1 atom stereocenters. The Morgan fingerprint density at radius 1 is 1.12 bits per heavy atom. The first-order valence-electron chi connectivity index (χ1n) is 7.51. The number of esters is 1. The lowest BCUT2D eigenvalue weighted by Crippen LogP contribution is -2.31. The van der Waals surface area contributed by atoms with Gasteiger partial charge in [0.2, 0.25) is 0 Å². The monoisotopic (exact) mass is 363 g/mol. The van der Waals surface area contributed by atoms with Crippen LogP contribution in [0.15, 0.2) is 48.5 Å². The smallest absolute Gasteiger partial charge is 0.344 e. The summed E-state index contributed by atoms with van der Waals surface area (Å²) in [7, 11) is 1.50. The van der Waals surface area contributed by atoms with Crippen molar-refractivity contribution < 1.29 is 23.8 Å². The molecule has 2 aromatic carbocycles. The van der Waals surface area contributed by atoms with Crippen LogP contribution < -0.4 is 14.8 Å². The second kappa shape index (κ2) is 8.94. The molecule has 25 heavy (non-hydrogen) atoms. The normalized spacial score (nSPS) is 11.3. The third-order valence-corrected chi connectivity index (χ3v) is 3.46. The van der Waals surface area contributed by atoms with Crippen molar-refractivity contribution in [2.45, 2.75) is 13.0 Å². The van der Waals surface area contributed by atoms with Crippen molar-refractivity contribution in [1.82, 2.24) is 0 Å². The number of carbonyl (C=O) groups excluding carboxylic acids is 2. The number of ether oxygens (including phenoxy) is 3. The third-order valence-electron chi connectivity index (χ3n) is 3.21. The average molecular weight is 364 g/mol. The molecule has 2 aromatic rings. The number of methoxy groups -OCH3 is 1. The Hall–Kier alpha value is -2.73. The molecule has 0 saturated carbocycles. The highest BCUT2D eigenvalue weighted by molar-refractivity contribution is 6.30. The van der Waals surface area contributed by atoms with E-state index < -0.39 is 18.0 Å². The fourth-order valence-corrected chi connectivity index (χ4v) is 2.07. The summed E-state index contributed by atoms with van der Waals surface area (Å²) in [5.74, 6) is -0.130. The molecule has 0 bridgehead atoms. The highest BCUT2D eigenvalue weighted by atomic mass is 35.5. The van der Waals surface area contributed by atoms with Crippen LogP contribution >= 0.6 is 11.6 Å². The molecule has 0 spiro atoms. The molecule has 0 aliphatic carbocycles. The van der Waals surface area contributed by atoms with E-state index in [2.05, 4.69) is 5.32 Å². The topological polar surface area (TPSA) is 73.9 Å². The number of carbonyl (C=O) groups is 2. The second-order valence-corrected chi connectivity index (χ2v) is 5.50. The van der Waals surface area contributed by atoms with E-state index in [9.17, 15) is 9.59 Å². The van der Waals surface area contributed by atoms with Gasteiger partial charge in [0.05, 0.1) is 12.8 Å². The minimum atomic E-state index is -0.980. The Labute approximate surface area is 150 Å². The van der Waals surface area contributed by atoms with Crippen LogP contribution in [0.25, 0.3) is 0 Å². The fraction of sp³-hybridized carbons (Fsp3) is 0.222. The van der Waals surface area contributed by atoms with Crippen molar-refractivity contribution in [1.29, 1.82) is 0 Å². The maximum Gasteiger partial charge on any atom is 0.344 e. The predicted molar refractivity (Wildman–Crippen MR) is 94.1 cm³/mol. The summed E-state index contributed by atoms with van der Waals surface area (Å²) in [6, 6.07) is 13.5. The number of anilines is 1. The molecule has 0 aliphatic heterocycles. The summed E-state index contributed by atoms with van der Waals surface area (Å²) in [5, 5.41) is 3.22. The van der Waals surface area contributed by atoms with Crippen LogP contribution in [-0.4, -0.2) is 31.7 Å². The number of hydrogen-bond acceptors (Lipinski definition) is 5. The lowest BCUT2D eigenvalue weighted by Gasteiger charge is -2.15. The van der Waals surface area contributed by atoms with Crippen LogP contribution in [0.5, 0.6) is 11.5 Å². The first-order valence-corrected chi connectivity index (χ1v) is 7.89. The molecule has 0 aromatic heterocycles. The van der Waals surface area contributed by atoms with E-state index in [0.29, 0.717) is 22.2 Å². The van der Waals surface area contributed by atoms with Crippen molar-refractivity contribution in [3.05, 3.63) is 53.6 Å². The van der Waals surface area contributed by atoms with Crippen LogP contribution in [-0.2, 0) is 14.3 Å². The molecular formula is C18H18ClNO5. The number of halogens is 1. The molecular weight excluding hydrogens is 346 g/mol. The molecule has 0 heterocycles. The summed E-state index contributed by atoms with van der Waals surface area (Å²) < 4.78 is 15.5. The van der Waals surface area contributed by atoms with Crippen LogP contribution in [0.2, 0.25) is 5.02 Å². The zero-order chi connectivity index (χ0) is 18.2. The molecule has 0 radical (unpaired) electrons. The van der Waals surface area contributed by atoms with E-state index >= 15 is 0 Å². The summed E-state index contributed by atoms with van der Waals surface area (Å²) in [5.41, 5.74) is 0.496. The molecule has 6 nitrogen and oxygen atoms in total. The van der Waals surface area contributed by atoms with Gasteiger partial charge in [0.15, 0.2) is 12.7 Å². The molecule has 2 rings (SSSR count). The third kappa shape index (κ3) is 5.69. The SMILES string of the molecule is COc1ccccc1NC(=O)[C@H](C)OC(=O)COc1ccc(Cl)cc1. The van der Waals surface area contributed by atoms with Gasteiger partial charge in [0.25, 0.3) is 5.91 Å². The quantitative estimate of drug-likeness (QED) is 0.764. The lowest BCUT2D eigenvalue weighted by atomic mass is 10.2. The van der Waals surface area contributed by atoms with E-state index in [4.69, 9.17) is 25.8 Å². The van der Waals surface area contributed by atoms with E-state index in [0.717, 1.165) is 0 Å². The van der Waals surface area contributed by atoms with Gasteiger partial charge in [-0.1, -0.05) is 23.7 Å². The Morgan fingerprint density at radius 2 is 1.80 bits per heavy atom. The van der Waals surface area contributed by atoms with E-state index in [-0.39, 0.29) is 6.61 Å². The molecule has 132 valence electrons. The first-order chi connectivity index (χ1) is 12.0. The lowest BCUT2D eigenvalue weighted by molar-refractivity contribution is -0.155. The second-order valence-electron chi connectivity index (χ2n) is 5.06. The first kappa shape index (κ1) is 18.6. The van der Waals surface area contributed by atoms with Gasteiger partial charge in [0, 0.05) is 5.02 Å². The molecule has 0 aliphatic rings. The number of nitrogens with one attached hydrogen (secondary N) is 1. The number of para-hydroxylation sites is 2. The van der Waals surface area contributed by atoms with Gasteiger partial charge in [-0.2, -0.15) is 0 Å². The Bertz CT molecular complexity index is 733. The molecule has 1 amide bonds. The van der Waals surface area contributed by atoms with Crippen molar-refractivity contribution in [2.75, 3.05) is 19.0 Å². The largest absolute Gasteiger partial charge is 0.495 e. The molecule has 0 unspecified atom stereocenters. The van der Waals surface area contributed by atoms with Crippen molar-refractivity contribution in [2.24, 2.45) is 0 Å². The van der Waals surface area contributed by atoms with Gasteiger partial charge in [-0.25, -0.2) is 4.79 Å². The van der Waals surface area contributed by atoms with Crippen molar-refractivity contribution in [3.63, 3.8) is 0 Å². The summed E-state index contributed by atoms with van der Waals surface area (Å²) in [4.78, 5) is 23.9. The van der Waals surface area contributed by atoms with Crippen molar-refractivity contribution >= 4 is 29.2 Å². The Kier molecular flexibility index (Phi) is 6.65. The van der Waals surface area contributed by atoms with Gasteiger partial charge in [-0.15, -0.1) is 0 Å². The summed E-state index contributed by atoms with van der Waals surface area (Å²) >= 11 is 5.77. The number of hydrogen-bond donors (Lipinski definition) is 1. The van der Waals surface area contributed by atoms with Crippen LogP contribution in [0, 0.1) is 0 Å². The Morgan fingerprint density at radius 3 is 2.48 bits per heavy atom. The zero-order valence-corrected chi connectivity index (χ0v) is 14.6. The maximum atomic E-state index is 12.1. The van der Waals surface area contributed by atoms with Gasteiger partial charge in [0.1, 0.15) is 11.5 Å². The van der Waals surface area contributed by atoms with Gasteiger partial charge in [-0.05, 0) is 43.3 Å². The maximum absolute atomic E-state index is 12.1. The van der Waals surface area contributed by atoms with Crippen LogP contribution in [0.1, 0.15) is 6.92 Å². The Balaban J connectivity index is 1.83. The van der Waals surface area contributed by atoms with Gasteiger partial charge in [-0.3, -0.25) is 4.79 Å². The number of rotatable bonds is 7. The number of amides is 1. The van der Waals surface area contributed by atoms with E-state index in [1.807, 2.05) is 0 Å². The highest BCUT2D eigenvalue weighted by Crippen LogP contribution is 2.23. The molecule has 7 heteroatoms. The van der Waals surface area contributed by atoms with Crippen LogP contribution in [0.4, 0.5) is 5.69 Å². The zero-order valence-electron chi connectivity index (χ0n) is 13.8. The average Bonchev–Trinajstić information content (AvgIpc) is 2.61. The predicted octanol–water partition coefficient (Wildman–Crippen LogP) is 3.30. The van der Waals surface area contributed by atoms with Crippen LogP contribution in [0.3, 0.4) is 0 Å². The molecule has 0 saturated heterocycles. The van der Waals surface area contributed by atoms with Gasteiger partial charge < -0.3 is 19.5 Å². The van der Waals surface area contributed by atoms with Gasteiger partial charge >= 0.3 is 5.97 Å². The summed E-state index contributed by atoms with van der Waals surface area (Å²) in [6.45, 7) is 1.17. The van der Waals surface area contributed by atoms with E-state index in [1.165, 1.54) is 14.0 Å². The standard InChI is InChI=1S/C18H18ClNO5/c1-12(18(22)20-15-5-3-4-6-16(15)23-2)25-17(21)11-24-14-9-7-13(19)8-10-14/h3-10,12H,11H2,1-2H3,(H,20,22)/t12-/m0/s1. The minimum absolute atomic E-state index is 0.312. The highest BCUT2D eigenvalue weighted by Gasteiger charge is 2.19. The molecule has 1 N–H and O–H groups in total. The fourth-order valence-electron chi connectivity index (χ4n) is 1.94. The number of benzene rings is 2. The van der Waals surface area contributed by atoms with Crippen molar-refractivity contribution in [3.8, 4) is 11.5 Å². The van der Waals surface area contributed by atoms with E-state index in [1.54, 1.807) is 48.5 Å².